The normalized spacial score (nSPS) is 22.7. The molecule has 8 nitrogen and oxygen atoms in total. The molecule has 1 aromatic carbocycles. The average molecular weight is 449 g/mol. The molecule has 1 fully saturated rings. The maximum atomic E-state index is 10.5. The van der Waals surface area contributed by atoms with Gasteiger partial charge in [0.25, 0.3) is 0 Å². The monoisotopic (exact) mass is 448 g/mol. The minimum absolute atomic E-state index is 0.289. The van der Waals surface area contributed by atoms with Gasteiger partial charge >= 0.3 is 0 Å². The van der Waals surface area contributed by atoms with Gasteiger partial charge in [0.2, 0.25) is 0 Å². The summed E-state index contributed by atoms with van der Waals surface area (Å²) in [6.07, 6.45) is -1.17. The number of fused-ring (bicyclic) bond motifs is 1. The molecule has 1 saturated heterocycles. The molecule has 0 amide bonds. The summed E-state index contributed by atoms with van der Waals surface area (Å²) in [5.74, 6) is 6.56. The molecule has 1 aliphatic heterocycles. The maximum absolute atomic E-state index is 10.5. The summed E-state index contributed by atoms with van der Waals surface area (Å²) in [5.41, 5.74) is 10.1. The molecule has 3 aromatic heterocycles. The lowest BCUT2D eigenvalue weighted by Crippen LogP contribution is -2.33. The first kappa shape index (κ1) is 20.6. The number of nitrogens with two attached hydrogens (primary N) is 1. The molecule has 4 atom stereocenters. The fourth-order valence-corrected chi connectivity index (χ4v) is 4.43. The third-order valence-corrected chi connectivity index (χ3v) is 6.18. The smallest absolute Gasteiger partial charge is 0.164 e. The van der Waals surface area contributed by atoms with Gasteiger partial charge in [0.15, 0.2) is 6.23 Å². The average Bonchev–Trinajstić information content (AvgIpc) is 3.52. The molecule has 1 aliphatic rings. The van der Waals surface area contributed by atoms with E-state index in [1.807, 2.05) is 41.1 Å². The molecule has 32 heavy (non-hydrogen) atoms. The van der Waals surface area contributed by atoms with Gasteiger partial charge in [-0.3, -0.25) is 0 Å². The van der Waals surface area contributed by atoms with Gasteiger partial charge in [-0.15, -0.1) is 0 Å². The van der Waals surface area contributed by atoms with Crippen LogP contribution in [0.4, 0.5) is 5.82 Å². The molecule has 0 radical (unpaired) electrons. The van der Waals surface area contributed by atoms with Crippen molar-refractivity contribution in [3.8, 4) is 23.0 Å². The van der Waals surface area contributed by atoms with Crippen LogP contribution in [0.5, 0.6) is 0 Å². The minimum Gasteiger partial charge on any atom is -0.394 e. The van der Waals surface area contributed by atoms with Crippen molar-refractivity contribution in [1.29, 1.82) is 0 Å². The van der Waals surface area contributed by atoms with Gasteiger partial charge in [0, 0.05) is 28.3 Å². The van der Waals surface area contributed by atoms with Crippen molar-refractivity contribution < 1.29 is 20.1 Å². The number of nitrogens with zero attached hydrogens (tertiary/aromatic N) is 3. The largest absolute Gasteiger partial charge is 0.394 e. The van der Waals surface area contributed by atoms with E-state index >= 15 is 0 Å². The van der Waals surface area contributed by atoms with E-state index in [9.17, 15) is 15.3 Å². The Balaban J connectivity index is 1.55. The Morgan fingerprint density at radius 3 is 2.53 bits per heavy atom. The Morgan fingerprint density at radius 1 is 1.06 bits per heavy atom. The van der Waals surface area contributed by atoms with Crippen molar-refractivity contribution >= 4 is 28.2 Å². The molecule has 4 aromatic rings. The van der Waals surface area contributed by atoms with Crippen LogP contribution in [0.3, 0.4) is 0 Å². The van der Waals surface area contributed by atoms with Gasteiger partial charge in [-0.2, -0.15) is 11.3 Å². The second kappa shape index (κ2) is 8.35. The molecule has 0 aliphatic carbocycles. The number of rotatable bonds is 3. The van der Waals surface area contributed by atoms with Gasteiger partial charge in [0.05, 0.1) is 12.0 Å². The number of aliphatic hydroxyl groups excluding tert-OH is 3. The first-order chi connectivity index (χ1) is 15.6. The van der Waals surface area contributed by atoms with Crippen LogP contribution in [0.2, 0.25) is 0 Å². The second-order valence-corrected chi connectivity index (χ2v) is 8.26. The standard InChI is InChI=1S/C23H20N4O4S/c24-21-18-16(15-5-3-13(4-6-15)1-2-14-7-8-32-11-14)9-27(22(18)26-12-25-21)23-20(30)19(29)17(10-28)31-23/h3-9,11-12,17,19-20,23,28-30H,10H2,(H2,24,25,26)/t17-,19-,20-,23-/m1/s1. The molecule has 4 heterocycles. The Labute approximate surface area is 187 Å². The first-order valence-electron chi connectivity index (χ1n) is 9.95. The molecule has 5 rings (SSSR count). The molecule has 5 N–H and O–H groups in total. The number of aliphatic hydroxyl groups is 3. The van der Waals surface area contributed by atoms with E-state index in [4.69, 9.17) is 10.5 Å². The van der Waals surface area contributed by atoms with Crippen LogP contribution in [-0.4, -0.2) is 54.8 Å². The molecular weight excluding hydrogens is 428 g/mol. The van der Waals surface area contributed by atoms with Gasteiger partial charge in [-0.25, -0.2) is 9.97 Å². The number of nitrogen functional groups attached to an aromatic ring is 1. The molecule has 162 valence electrons. The predicted molar refractivity (Wildman–Crippen MR) is 121 cm³/mol. The van der Waals surface area contributed by atoms with E-state index in [0.717, 1.165) is 22.3 Å². The van der Waals surface area contributed by atoms with Crippen LogP contribution < -0.4 is 5.73 Å². The zero-order chi connectivity index (χ0) is 22.2. The van der Waals surface area contributed by atoms with Crippen molar-refractivity contribution in [1.82, 2.24) is 14.5 Å². The van der Waals surface area contributed by atoms with Gasteiger partial charge in [-0.05, 0) is 29.1 Å². The van der Waals surface area contributed by atoms with Crippen LogP contribution in [-0.2, 0) is 4.74 Å². The summed E-state index contributed by atoms with van der Waals surface area (Å²) in [7, 11) is 0. The summed E-state index contributed by atoms with van der Waals surface area (Å²) < 4.78 is 7.32. The number of ether oxygens (including phenoxy) is 1. The molecule has 9 heteroatoms. The van der Waals surface area contributed by atoms with Crippen LogP contribution in [0.15, 0.2) is 53.6 Å². The summed E-state index contributed by atoms with van der Waals surface area (Å²) in [4.78, 5) is 8.45. The number of aromatic nitrogens is 3. The van der Waals surface area contributed by atoms with E-state index < -0.39 is 31.1 Å². The van der Waals surface area contributed by atoms with E-state index in [1.54, 1.807) is 22.1 Å². The third kappa shape index (κ3) is 3.54. The van der Waals surface area contributed by atoms with Crippen LogP contribution in [0, 0.1) is 11.8 Å². The maximum Gasteiger partial charge on any atom is 0.164 e. The minimum atomic E-state index is -1.23. The zero-order valence-electron chi connectivity index (χ0n) is 16.8. The fourth-order valence-electron chi connectivity index (χ4n) is 3.84. The summed E-state index contributed by atoms with van der Waals surface area (Å²) in [5, 5.41) is 34.7. The number of hydrogen-bond acceptors (Lipinski definition) is 8. The molecule has 0 spiro atoms. The Bertz CT molecular complexity index is 1310. The highest BCUT2D eigenvalue weighted by molar-refractivity contribution is 7.08. The third-order valence-electron chi connectivity index (χ3n) is 5.50. The zero-order valence-corrected chi connectivity index (χ0v) is 17.6. The van der Waals surface area contributed by atoms with Crippen molar-refractivity contribution in [2.75, 3.05) is 12.3 Å². The summed E-state index contributed by atoms with van der Waals surface area (Å²) in [6, 6.07) is 9.68. The van der Waals surface area contributed by atoms with Crippen LogP contribution >= 0.6 is 11.3 Å². The number of thiophene rings is 1. The Morgan fingerprint density at radius 2 is 1.84 bits per heavy atom. The van der Waals surface area contributed by atoms with Gasteiger partial charge in [0.1, 0.15) is 36.1 Å². The van der Waals surface area contributed by atoms with Crippen LogP contribution in [0.1, 0.15) is 17.4 Å². The highest BCUT2D eigenvalue weighted by Gasteiger charge is 2.44. The summed E-state index contributed by atoms with van der Waals surface area (Å²) in [6.45, 7) is -0.411. The lowest BCUT2D eigenvalue weighted by molar-refractivity contribution is -0.0508. The SMILES string of the molecule is Nc1ncnc2c1c(-c1ccc(C#Cc3ccsc3)cc1)cn2[C@@H]1O[C@H](CO)[C@@H](O)[C@H]1O. The van der Waals surface area contributed by atoms with Gasteiger partial charge < -0.3 is 30.4 Å². The Kier molecular flexibility index (Phi) is 5.38. The predicted octanol–water partition coefficient (Wildman–Crippen LogP) is 1.75. The first-order valence-corrected chi connectivity index (χ1v) is 10.9. The van der Waals surface area contributed by atoms with Gasteiger partial charge in [-0.1, -0.05) is 24.0 Å². The molecule has 0 unspecified atom stereocenters. The molecule has 0 saturated carbocycles. The van der Waals surface area contributed by atoms with Crippen molar-refractivity contribution in [3.05, 3.63) is 64.7 Å². The van der Waals surface area contributed by atoms with E-state index in [2.05, 4.69) is 21.8 Å². The number of benzene rings is 1. The van der Waals surface area contributed by atoms with Crippen molar-refractivity contribution in [2.45, 2.75) is 24.5 Å². The lowest BCUT2D eigenvalue weighted by Gasteiger charge is -2.17. The van der Waals surface area contributed by atoms with E-state index in [1.165, 1.54) is 6.33 Å². The second-order valence-electron chi connectivity index (χ2n) is 7.48. The quantitative estimate of drug-likeness (QED) is 0.352. The van der Waals surface area contributed by atoms with Crippen molar-refractivity contribution in [2.24, 2.45) is 0 Å². The molecule has 0 bridgehead atoms. The van der Waals surface area contributed by atoms with E-state index in [-0.39, 0.29) is 5.82 Å². The molecular formula is C23H20N4O4S. The number of anilines is 1. The van der Waals surface area contributed by atoms with Crippen LogP contribution in [0.25, 0.3) is 22.2 Å². The van der Waals surface area contributed by atoms with Crippen molar-refractivity contribution in [3.63, 3.8) is 0 Å². The highest BCUT2D eigenvalue weighted by atomic mass is 32.1. The topological polar surface area (TPSA) is 127 Å². The Hall–Kier alpha value is -3.26. The number of hydrogen-bond donors (Lipinski definition) is 4. The highest BCUT2D eigenvalue weighted by Crippen LogP contribution is 2.38. The summed E-state index contributed by atoms with van der Waals surface area (Å²) >= 11 is 1.61. The van der Waals surface area contributed by atoms with E-state index in [0.29, 0.717) is 11.0 Å². The fraction of sp³-hybridized carbons (Fsp3) is 0.217. The lowest BCUT2D eigenvalue weighted by atomic mass is 10.0.